The van der Waals surface area contributed by atoms with E-state index in [1.807, 2.05) is 31.2 Å². The molecule has 0 saturated heterocycles. The van der Waals surface area contributed by atoms with Crippen LogP contribution in [0.15, 0.2) is 24.3 Å². The zero-order chi connectivity index (χ0) is 13.7. The Kier molecular flexibility index (Phi) is 4.78. The fourth-order valence-corrected chi connectivity index (χ4v) is 2.44. The van der Waals surface area contributed by atoms with Crippen LogP contribution in [0.3, 0.4) is 0 Å². The summed E-state index contributed by atoms with van der Waals surface area (Å²) in [5, 5.41) is 12.1. The molecule has 0 bridgehead atoms. The highest BCUT2D eigenvalue weighted by Crippen LogP contribution is 2.29. The first kappa shape index (κ1) is 13.9. The Labute approximate surface area is 114 Å². The molecule has 1 fully saturated rings. The molecule has 0 amide bonds. The van der Waals surface area contributed by atoms with Gasteiger partial charge in [0.2, 0.25) is 0 Å². The maximum atomic E-state index is 8.63. The van der Waals surface area contributed by atoms with E-state index in [2.05, 4.69) is 11.4 Å². The first-order chi connectivity index (χ1) is 9.28. The van der Waals surface area contributed by atoms with Gasteiger partial charge in [-0.1, -0.05) is 12.1 Å². The third-order valence-electron chi connectivity index (χ3n) is 3.49. The summed E-state index contributed by atoms with van der Waals surface area (Å²) in [6.07, 6.45) is 1.73. The van der Waals surface area contributed by atoms with E-state index in [0.29, 0.717) is 12.5 Å². The maximum absolute atomic E-state index is 8.63. The molecule has 102 valence electrons. The van der Waals surface area contributed by atoms with E-state index in [1.54, 1.807) is 7.11 Å². The number of methoxy groups -OCH3 is 1. The maximum Gasteiger partial charge on any atom is 0.103 e. The third kappa shape index (κ3) is 3.25. The molecule has 1 N–H and O–H groups in total. The third-order valence-corrected chi connectivity index (χ3v) is 3.49. The van der Waals surface area contributed by atoms with Crippen molar-refractivity contribution in [2.24, 2.45) is 0 Å². The molecule has 19 heavy (non-hydrogen) atoms. The summed E-state index contributed by atoms with van der Waals surface area (Å²) in [4.78, 5) is 0. The van der Waals surface area contributed by atoms with Gasteiger partial charge >= 0.3 is 0 Å². The van der Waals surface area contributed by atoms with Gasteiger partial charge in [-0.25, -0.2) is 0 Å². The van der Waals surface area contributed by atoms with Gasteiger partial charge in [-0.3, -0.25) is 0 Å². The molecular weight excluding hydrogens is 240 g/mol. The molecule has 0 aliphatic heterocycles. The summed E-state index contributed by atoms with van der Waals surface area (Å²) in [5.41, 5.74) is 2.10. The molecular formula is C15H20N2O2. The summed E-state index contributed by atoms with van der Waals surface area (Å²) in [7, 11) is 1.72. The van der Waals surface area contributed by atoms with Crippen LogP contribution >= 0.6 is 0 Å². The summed E-state index contributed by atoms with van der Waals surface area (Å²) in [6, 6.07) is 10.4. The van der Waals surface area contributed by atoms with Gasteiger partial charge < -0.3 is 14.8 Å². The van der Waals surface area contributed by atoms with Crippen molar-refractivity contribution in [2.75, 3.05) is 19.0 Å². The number of rotatable bonds is 6. The molecule has 4 nitrogen and oxygen atoms in total. The van der Waals surface area contributed by atoms with Crippen molar-refractivity contribution in [3.8, 4) is 6.07 Å². The van der Waals surface area contributed by atoms with Crippen LogP contribution in [0.4, 0.5) is 5.69 Å². The first-order valence-corrected chi connectivity index (χ1v) is 6.65. The van der Waals surface area contributed by atoms with Crippen molar-refractivity contribution in [1.29, 1.82) is 5.26 Å². The average molecular weight is 260 g/mol. The summed E-state index contributed by atoms with van der Waals surface area (Å²) in [5.74, 6) is 0. The van der Waals surface area contributed by atoms with Gasteiger partial charge in [0.05, 0.1) is 24.6 Å². The first-order valence-electron chi connectivity index (χ1n) is 6.65. The standard InChI is InChI=1S/C15H20N2O2/c1-3-19-14-10-13(15(14)18-2)17-12-6-4-11(5-7-12)8-9-16/h4-7,13-15,17H,3,8,10H2,1-2H3. The normalized spacial score (nSPS) is 25.4. The molecule has 0 radical (unpaired) electrons. The Balaban J connectivity index is 1.89. The van der Waals surface area contributed by atoms with Crippen LogP contribution in [-0.2, 0) is 15.9 Å². The highest BCUT2D eigenvalue weighted by Gasteiger charge is 2.42. The minimum atomic E-state index is 0.110. The van der Waals surface area contributed by atoms with Crippen LogP contribution < -0.4 is 5.32 Å². The lowest BCUT2D eigenvalue weighted by molar-refractivity contribution is -0.118. The average Bonchev–Trinajstić information content (AvgIpc) is 2.40. The van der Waals surface area contributed by atoms with Gasteiger partial charge in [-0.2, -0.15) is 5.26 Å². The van der Waals surface area contributed by atoms with E-state index < -0.39 is 0 Å². The van der Waals surface area contributed by atoms with Crippen LogP contribution in [0.1, 0.15) is 18.9 Å². The molecule has 1 aromatic carbocycles. The van der Waals surface area contributed by atoms with Crippen molar-refractivity contribution in [3.05, 3.63) is 29.8 Å². The molecule has 0 heterocycles. The Hall–Kier alpha value is -1.57. The van der Waals surface area contributed by atoms with Crippen molar-refractivity contribution >= 4 is 5.69 Å². The molecule has 3 atom stereocenters. The predicted molar refractivity (Wildman–Crippen MR) is 74.0 cm³/mol. The molecule has 1 aliphatic carbocycles. The number of nitriles is 1. The number of nitrogens with one attached hydrogen (secondary N) is 1. The Bertz CT molecular complexity index is 438. The van der Waals surface area contributed by atoms with Gasteiger partial charge in [0.15, 0.2) is 0 Å². The van der Waals surface area contributed by atoms with Crippen molar-refractivity contribution in [3.63, 3.8) is 0 Å². The highest BCUT2D eigenvalue weighted by atomic mass is 16.5. The topological polar surface area (TPSA) is 54.3 Å². The van der Waals surface area contributed by atoms with Gasteiger partial charge in [-0.15, -0.1) is 0 Å². The van der Waals surface area contributed by atoms with Gasteiger partial charge in [0.1, 0.15) is 6.10 Å². The zero-order valence-electron chi connectivity index (χ0n) is 11.4. The summed E-state index contributed by atoms with van der Waals surface area (Å²) in [6.45, 7) is 2.72. The largest absolute Gasteiger partial charge is 0.379 e. The molecule has 0 aromatic heterocycles. The summed E-state index contributed by atoms with van der Waals surface area (Å²) >= 11 is 0. The smallest absolute Gasteiger partial charge is 0.103 e. The number of nitrogens with zero attached hydrogens (tertiary/aromatic N) is 1. The van der Waals surface area contributed by atoms with E-state index in [1.165, 1.54) is 0 Å². The van der Waals surface area contributed by atoms with Crippen LogP contribution in [0.2, 0.25) is 0 Å². The van der Waals surface area contributed by atoms with E-state index in [0.717, 1.165) is 24.3 Å². The number of hydrogen-bond donors (Lipinski definition) is 1. The molecule has 0 spiro atoms. The van der Waals surface area contributed by atoms with E-state index in [9.17, 15) is 0 Å². The lowest BCUT2D eigenvalue weighted by atomic mass is 9.85. The lowest BCUT2D eigenvalue weighted by Gasteiger charge is -2.43. The van der Waals surface area contributed by atoms with E-state index >= 15 is 0 Å². The van der Waals surface area contributed by atoms with Crippen LogP contribution in [0, 0.1) is 11.3 Å². The van der Waals surface area contributed by atoms with Crippen LogP contribution in [0.5, 0.6) is 0 Å². The SMILES string of the molecule is CCOC1CC(Nc2ccc(CC#N)cc2)C1OC. The summed E-state index contributed by atoms with van der Waals surface area (Å²) < 4.78 is 11.1. The van der Waals surface area contributed by atoms with Gasteiger partial charge in [0, 0.05) is 19.4 Å². The van der Waals surface area contributed by atoms with E-state index in [-0.39, 0.29) is 12.2 Å². The fourth-order valence-electron chi connectivity index (χ4n) is 2.44. The molecule has 1 aromatic rings. The van der Waals surface area contributed by atoms with Crippen molar-refractivity contribution < 1.29 is 9.47 Å². The second-order valence-electron chi connectivity index (χ2n) is 4.71. The molecule has 3 unspecified atom stereocenters. The minimum Gasteiger partial charge on any atom is -0.379 e. The second kappa shape index (κ2) is 6.55. The van der Waals surface area contributed by atoms with Crippen molar-refractivity contribution in [1.82, 2.24) is 0 Å². The van der Waals surface area contributed by atoms with Gasteiger partial charge in [-0.05, 0) is 31.0 Å². The van der Waals surface area contributed by atoms with Gasteiger partial charge in [0.25, 0.3) is 0 Å². The zero-order valence-corrected chi connectivity index (χ0v) is 11.4. The Morgan fingerprint density at radius 1 is 1.37 bits per heavy atom. The minimum absolute atomic E-state index is 0.110. The van der Waals surface area contributed by atoms with E-state index in [4.69, 9.17) is 14.7 Å². The quantitative estimate of drug-likeness (QED) is 0.853. The lowest BCUT2D eigenvalue weighted by Crippen LogP contribution is -2.56. The number of hydrogen-bond acceptors (Lipinski definition) is 4. The number of benzene rings is 1. The highest BCUT2D eigenvalue weighted by molar-refractivity contribution is 5.46. The molecule has 4 heteroatoms. The van der Waals surface area contributed by atoms with Crippen molar-refractivity contribution in [2.45, 2.75) is 38.0 Å². The Morgan fingerprint density at radius 3 is 2.68 bits per heavy atom. The van der Waals surface area contributed by atoms with Crippen LogP contribution in [-0.4, -0.2) is 32.0 Å². The number of ether oxygens (including phenoxy) is 2. The number of anilines is 1. The molecule has 1 saturated carbocycles. The van der Waals surface area contributed by atoms with Crippen LogP contribution in [0.25, 0.3) is 0 Å². The Morgan fingerprint density at radius 2 is 2.11 bits per heavy atom. The monoisotopic (exact) mass is 260 g/mol. The predicted octanol–water partition coefficient (Wildman–Crippen LogP) is 2.36. The fraction of sp³-hybridized carbons (Fsp3) is 0.533. The molecule has 1 aliphatic rings. The second-order valence-corrected chi connectivity index (χ2v) is 4.71. The molecule has 2 rings (SSSR count).